The predicted octanol–water partition coefficient (Wildman–Crippen LogP) is 2.31. The van der Waals surface area contributed by atoms with Gasteiger partial charge in [0.2, 0.25) is 0 Å². The molecule has 0 atom stereocenters. The Labute approximate surface area is 103 Å². The average Bonchev–Trinajstić information content (AvgIpc) is 2.15. The molecule has 0 heterocycles. The van der Waals surface area contributed by atoms with Crippen LogP contribution in [-0.2, 0) is 9.05 Å². The molecule has 0 radical (unpaired) electrons. The molecular weight excluding hydrogens is 270 g/mol. The van der Waals surface area contributed by atoms with Gasteiger partial charge in [-0.3, -0.25) is 10.1 Å². The first-order valence-corrected chi connectivity index (χ1v) is 6.92. The van der Waals surface area contributed by atoms with Gasteiger partial charge in [-0.15, -0.1) is 0 Å². The van der Waals surface area contributed by atoms with E-state index in [1.54, 1.807) is 13.8 Å². The number of benzene rings is 1. The lowest BCUT2D eigenvalue weighted by Crippen LogP contribution is -2.07. The van der Waals surface area contributed by atoms with Crippen LogP contribution < -0.4 is 4.74 Å². The molecule has 0 saturated heterocycles. The van der Waals surface area contributed by atoms with E-state index >= 15 is 0 Å². The highest BCUT2D eigenvalue weighted by atomic mass is 35.7. The highest BCUT2D eigenvalue weighted by Gasteiger charge is 2.21. The molecule has 1 rings (SSSR count). The van der Waals surface area contributed by atoms with Crippen molar-refractivity contribution in [1.29, 1.82) is 0 Å². The van der Waals surface area contributed by atoms with E-state index in [4.69, 9.17) is 15.4 Å². The van der Waals surface area contributed by atoms with Crippen molar-refractivity contribution in [2.24, 2.45) is 0 Å². The summed E-state index contributed by atoms with van der Waals surface area (Å²) in [5.41, 5.74) is -0.430. The van der Waals surface area contributed by atoms with Crippen molar-refractivity contribution < 1.29 is 18.1 Å². The zero-order valence-electron chi connectivity index (χ0n) is 9.08. The van der Waals surface area contributed by atoms with Crippen LogP contribution in [-0.4, -0.2) is 19.4 Å². The zero-order chi connectivity index (χ0) is 13.2. The molecule has 0 unspecified atom stereocenters. The fraction of sp³-hybridized carbons (Fsp3) is 0.333. The van der Waals surface area contributed by atoms with E-state index in [9.17, 15) is 18.5 Å². The molecule has 0 spiro atoms. The standard InChI is InChI=1S/C9H10ClNO5S/c1-6(2)16-9-4-3-7(17(10,14)15)5-8(9)11(12)13/h3-6H,1-2H3. The third-order valence-corrected chi connectivity index (χ3v) is 3.12. The highest BCUT2D eigenvalue weighted by molar-refractivity contribution is 8.13. The van der Waals surface area contributed by atoms with Crippen molar-refractivity contribution in [2.75, 3.05) is 0 Å². The van der Waals surface area contributed by atoms with Gasteiger partial charge in [-0.1, -0.05) is 0 Å². The Balaban J connectivity index is 3.32. The Morgan fingerprint density at radius 1 is 1.41 bits per heavy atom. The Kier molecular flexibility index (Phi) is 3.94. The number of hydrogen-bond acceptors (Lipinski definition) is 5. The molecule has 0 fully saturated rings. The molecule has 8 heteroatoms. The van der Waals surface area contributed by atoms with E-state index in [1.807, 2.05) is 0 Å². The van der Waals surface area contributed by atoms with Gasteiger partial charge < -0.3 is 4.74 Å². The van der Waals surface area contributed by atoms with Gasteiger partial charge in [-0.05, 0) is 26.0 Å². The summed E-state index contributed by atoms with van der Waals surface area (Å²) >= 11 is 0. The Bertz CT molecular complexity index is 540. The normalized spacial score (nSPS) is 11.5. The summed E-state index contributed by atoms with van der Waals surface area (Å²) < 4.78 is 27.3. The molecule has 94 valence electrons. The molecule has 0 N–H and O–H groups in total. The van der Waals surface area contributed by atoms with Crippen LogP contribution in [0.1, 0.15) is 13.8 Å². The fourth-order valence-electron chi connectivity index (χ4n) is 1.15. The molecule has 17 heavy (non-hydrogen) atoms. The van der Waals surface area contributed by atoms with Crippen molar-refractivity contribution in [3.8, 4) is 5.75 Å². The number of hydrogen-bond donors (Lipinski definition) is 0. The van der Waals surface area contributed by atoms with E-state index in [2.05, 4.69) is 0 Å². The summed E-state index contributed by atoms with van der Waals surface area (Å²) in [5, 5.41) is 10.8. The van der Waals surface area contributed by atoms with E-state index < -0.39 is 19.7 Å². The van der Waals surface area contributed by atoms with Gasteiger partial charge in [0.15, 0.2) is 5.75 Å². The fourth-order valence-corrected chi connectivity index (χ4v) is 1.92. The molecule has 0 aliphatic heterocycles. The molecule has 0 saturated carbocycles. The van der Waals surface area contributed by atoms with Crippen LogP contribution in [0.3, 0.4) is 0 Å². The number of nitro benzene ring substituents is 1. The second-order valence-electron chi connectivity index (χ2n) is 3.49. The van der Waals surface area contributed by atoms with Crippen molar-refractivity contribution in [3.05, 3.63) is 28.3 Å². The van der Waals surface area contributed by atoms with Crippen LogP contribution in [0.25, 0.3) is 0 Å². The van der Waals surface area contributed by atoms with Crippen LogP contribution in [0.2, 0.25) is 0 Å². The van der Waals surface area contributed by atoms with E-state index in [0.29, 0.717) is 0 Å². The maximum absolute atomic E-state index is 11.0. The van der Waals surface area contributed by atoms with Gasteiger partial charge in [0.1, 0.15) is 0 Å². The summed E-state index contributed by atoms with van der Waals surface area (Å²) in [6.45, 7) is 3.41. The molecule has 6 nitrogen and oxygen atoms in total. The van der Waals surface area contributed by atoms with Crippen LogP contribution in [0.4, 0.5) is 5.69 Å². The summed E-state index contributed by atoms with van der Waals surface area (Å²) in [6.07, 6.45) is -0.257. The number of nitrogens with zero attached hydrogens (tertiary/aromatic N) is 1. The smallest absolute Gasteiger partial charge is 0.312 e. The first-order valence-electron chi connectivity index (χ1n) is 4.61. The molecule has 0 aromatic heterocycles. The molecular formula is C9H10ClNO5S. The van der Waals surface area contributed by atoms with Gasteiger partial charge in [0.25, 0.3) is 9.05 Å². The third-order valence-electron chi connectivity index (χ3n) is 1.77. The van der Waals surface area contributed by atoms with Gasteiger partial charge >= 0.3 is 5.69 Å². The minimum Gasteiger partial charge on any atom is -0.484 e. The number of halogens is 1. The van der Waals surface area contributed by atoms with Gasteiger partial charge in [-0.2, -0.15) is 0 Å². The first-order chi connectivity index (χ1) is 7.71. The summed E-state index contributed by atoms with van der Waals surface area (Å²) in [4.78, 5) is 9.72. The summed E-state index contributed by atoms with van der Waals surface area (Å²) in [6, 6.07) is 3.25. The lowest BCUT2D eigenvalue weighted by molar-refractivity contribution is -0.386. The Morgan fingerprint density at radius 3 is 2.41 bits per heavy atom. The maximum atomic E-state index is 11.0. The average molecular weight is 280 g/mol. The maximum Gasteiger partial charge on any atom is 0.312 e. The van der Waals surface area contributed by atoms with Crippen LogP contribution in [0.15, 0.2) is 23.1 Å². The van der Waals surface area contributed by atoms with Crippen molar-refractivity contribution >= 4 is 25.4 Å². The second kappa shape index (κ2) is 4.89. The third kappa shape index (κ3) is 3.57. The van der Waals surface area contributed by atoms with E-state index in [0.717, 1.165) is 12.1 Å². The molecule has 0 amide bonds. The van der Waals surface area contributed by atoms with Crippen LogP contribution in [0, 0.1) is 10.1 Å². The van der Waals surface area contributed by atoms with E-state index in [1.165, 1.54) is 6.07 Å². The molecule has 0 aliphatic carbocycles. The zero-order valence-corrected chi connectivity index (χ0v) is 10.7. The largest absolute Gasteiger partial charge is 0.484 e. The summed E-state index contributed by atoms with van der Waals surface area (Å²) in [5.74, 6) is 0.00840. The minimum atomic E-state index is -3.99. The number of ether oxygens (including phenoxy) is 1. The highest BCUT2D eigenvalue weighted by Crippen LogP contribution is 2.31. The first kappa shape index (κ1) is 13.7. The van der Waals surface area contributed by atoms with Gasteiger partial charge in [0.05, 0.1) is 15.9 Å². The Morgan fingerprint density at radius 2 is 2.00 bits per heavy atom. The topological polar surface area (TPSA) is 86.5 Å². The lowest BCUT2D eigenvalue weighted by Gasteiger charge is -2.10. The number of rotatable bonds is 4. The molecule has 0 bridgehead atoms. The Hall–Kier alpha value is -1.34. The van der Waals surface area contributed by atoms with Crippen molar-refractivity contribution in [3.63, 3.8) is 0 Å². The minimum absolute atomic E-state index is 0.00840. The van der Waals surface area contributed by atoms with Crippen molar-refractivity contribution in [2.45, 2.75) is 24.8 Å². The van der Waals surface area contributed by atoms with Gasteiger partial charge in [0, 0.05) is 16.7 Å². The molecule has 0 aliphatic rings. The van der Waals surface area contributed by atoms with Crippen LogP contribution >= 0.6 is 10.7 Å². The second-order valence-corrected chi connectivity index (χ2v) is 6.06. The molecule has 1 aromatic carbocycles. The van der Waals surface area contributed by atoms with E-state index in [-0.39, 0.29) is 16.7 Å². The number of nitro groups is 1. The monoisotopic (exact) mass is 279 g/mol. The van der Waals surface area contributed by atoms with Gasteiger partial charge in [-0.25, -0.2) is 8.42 Å². The molecule has 1 aromatic rings. The van der Waals surface area contributed by atoms with Crippen molar-refractivity contribution in [1.82, 2.24) is 0 Å². The lowest BCUT2D eigenvalue weighted by atomic mass is 10.3. The SMILES string of the molecule is CC(C)Oc1ccc(S(=O)(=O)Cl)cc1[N+](=O)[O-]. The van der Waals surface area contributed by atoms with Crippen LogP contribution in [0.5, 0.6) is 5.75 Å². The quantitative estimate of drug-likeness (QED) is 0.479. The summed E-state index contributed by atoms with van der Waals surface area (Å²) in [7, 11) is 1.11. The predicted molar refractivity (Wildman–Crippen MR) is 61.9 cm³/mol.